The smallest absolute Gasteiger partial charge is 0.264 e. The Kier molecular flexibility index (Phi) is 10.6. The van der Waals surface area contributed by atoms with Gasteiger partial charge in [-0.2, -0.15) is 0 Å². The third kappa shape index (κ3) is 7.70. The number of amides is 2. The summed E-state index contributed by atoms with van der Waals surface area (Å²) < 4.78 is 28.9. The Bertz CT molecular complexity index is 1620. The minimum absolute atomic E-state index is 0.00340. The maximum absolute atomic E-state index is 14.3. The van der Waals surface area contributed by atoms with Gasteiger partial charge in [0.2, 0.25) is 11.8 Å². The molecule has 4 aromatic rings. The van der Waals surface area contributed by atoms with E-state index >= 15 is 0 Å². The Morgan fingerprint density at radius 1 is 0.810 bits per heavy atom. The summed E-state index contributed by atoms with van der Waals surface area (Å²) in [5, 5.41) is 3.47. The van der Waals surface area contributed by atoms with Crippen molar-refractivity contribution in [2.45, 2.75) is 30.8 Å². The average Bonchev–Trinajstić information content (AvgIpc) is 2.99. The van der Waals surface area contributed by atoms with E-state index in [-0.39, 0.29) is 34.5 Å². The van der Waals surface area contributed by atoms with E-state index in [2.05, 4.69) is 5.32 Å². The lowest BCUT2D eigenvalue weighted by Gasteiger charge is -2.34. The van der Waals surface area contributed by atoms with Gasteiger partial charge in [-0.05, 0) is 54.4 Å². The molecule has 4 aromatic carbocycles. The molecule has 0 saturated carbocycles. The van der Waals surface area contributed by atoms with Gasteiger partial charge >= 0.3 is 0 Å². The second kappa shape index (κ2) is 14.4. The van der Waals surface area contributed by atoms with Crippen LogP contribution in [0.25, 0.3) is 0 Å². The fourth-order valence-electron chi connectivity index (χ4n) is 4.57. The lowest BCUT2D eigenvalue weighted by Crippen LogP contribution is -2.53. The van der Waals surface area contributed by atoms with Crippen LogP contribution in [0, 0.1) is 0 Å². The van der Waals surface area contributed by atoms with E-state index in [1.54, 1.807) is 73.7 Å². The lowest BCUT2D eigenvalue weighted by atomic mass is 10.0. The highest BCUT2D eigenvalue weighted by molar-refractivity contribution is 7.92. The molecular formula is C32H31Cl2N3O4S. The number of likely N-dealkylation sites (N-methyl/N-ethyl adjacent to an activating group) is 1. The quantitative estimate of drug-likeness (QED) is 0.211. The fourth-order valence-corrected chi connectivity index (χ4v) is 6.52. The van der Waals surface area contributed by atoms with Crippen molar-refractivity contribution in [3.8, 4) is 0 Å². The molecule has 2 amide bonds. The van der Waals surface area contributed by atoms with Crippen LogP contribution in [0.2, 0.25) is 10.0 Å². The summed E-state index contributed by atoms with van der Waals surface area (Å²) in [6, 6.07) is 29.7. The topological polar surface area (TPSA) is 86.8 Å². The molecule has 0 aliphatic heterocycles. The molecule has 0 unspecified atom stereocenters. The monoisotopic (exact) mass is 623 g/mol. The van der Waals surface area contributed by atoms with Crippen molar-refractivity contribution in [2.75, 3.05) is 17.4 Å². The van der Waals surface area contributed by atoms with Crippen molar-refractivity contribution in [1.82, 2.24) is 10.2 Å². The van der Waals surface area contributed by atoms with E-state index in [1.165, 1.54) is 17.0 Å². The van der Waals surface area contributed by atoms with Gasteiger partial charge in [-0.15, -0.1) is 0 Å². The molecule has 4 rings (SSSR count). The molecule has 7 nitrogen and oxygen atoms in total. The number of sulfonamides is 1. The molecule has 0 fully saturated rings. The zero-order valence-corrected chi connectivity index (χ0v) is 25.3. The molecule has 0 spiro atoms. The van der Waals surface area contributed by atoms with E-state index in [9.17, 15) is 18.0 Å². The number of para-hydroxylation sites is 1. The maximum Gasteiger partial charge on any atom is 0.264 e. The zero-order valence-electron chi connectivity index (χ0n) is 23.0. The molecule has 42 heavy (non-hydrogen) atoms. The third-order valence-electron chi connectivity index (χ3n) is 6.60. The average molecular weight is 625 g/mol. The summed E-state index contributed by atoms with van der Waals surface area (Å²) >= 11 is 12.7. The molecule has 10 heteroatoms. The van der Waals surface area contributed by atoms with Crippen molar-refractivity contribution >= 4 is 50.7 Å². The number of benzene rings is 4. The van der Waals surface area contributed by atoms with Gasteiger partial charge in [0, 0.05) is 24.5 Å². The van der Waals surface area contributed by atoms with Crippen LogP contribution in [-0.4, -0.2) is 44.3 Å². The van der Waals surface area contributed by atoms with Gasteiger partial charge in [0.1, 0.15) is 12.6 Å². The molecule has 0 radical (unpaired) electrons. The number of anilines is 1. The minimum Gasteiger partial charge on any atom is -0.355 e. The molecule has 0 heterocycles. The van der Waals surface area contributed by atoms with Crippen molar-refractivity contribution in [2.24, 2.45) is 0 Å². The Morgan fingerprint density at radius 2 is 1.43 bits per heavy atom. The van der Waals surface area contributed by atoms with Crippen LogP contribution in [0.5, 0.6) is 0 Å². The summed E-state index contributed by atoms with van der Waals surface area (Å²) in [5.41, 5.74) is 1.68. The highest BCUT2D eigenvalue weighted by Crippen LogP contribution is 2.31. The van der Waals surface area contributed by atoms with Crippen LogP contribution < -0.4 is 9.62 Å². The molecule has 0 aromatic heterocycles. The van der Waals surface area contributed by atoms with Gasteiger partial charge in [0.15, 0.2) is 0 Å². The van der Waals surface area contributed by atoms with Crippen LogP contribution >= 0.6 is 23.2 Å². The molecular weight excluding hydrogens is 593 g/mol. The van der Waals surface area contributed by atoms with E-state index in [4.69, 9.17) is 23.2 Å². The van der Waals surface area contributed by atoms with Gasteiger partial charge in [-0.1, -0.05) is 96.0 Å². The van der Waals surface area contributed by atoms with Gasteiger partial charge in [0.05, 0.1) is 15.6 Å². The first-order chi connectivity index (χ1) is 20.2. The highest BCUT2D eigenvalue weighted by Gasteiger charge is 2.35. The summed E-state index contributed by atoms with van der Waals surface area (Å²) in [6.45, 7) is 1.59. The van der Waals surface area contributed by atoms with Gasteiger partial charge in [-0.3, -0.25) is 13.9 Å². The van der Waals surface area contributed by atoms with Crippen molar-refractivity contribution in [3.63, 3.8) is 0 Å². The number of carbonyl (C=O) groups excluding carboxylic acids is 2. The van der Waals surface area contributed by atoms with Crippen LogP contribution in [-0.2, 0) is 32.6 Å². The van der Waals surface area contributed by atoms with E-state index < -0.39 is 28.5 Å². The number of halogens is 2. The van der Waals surface area contributed by atoms with Crippen molar-refractivity contribution in [3.05, 3.63) is 130 Å². The van der Waals surface area contributed by atoms with Gasteiger partial charge < -0.3 is 10.2 Å². The van der Waals surface area contributed by atoms with Crippen molar-refractivity contribution < 1.29 is 18.0 Å². The molecule has 1 atom stereocenters. The fraction of sp³-hybridized carbons (Fsp3) is 0.188. The molecule has 0 aliphatic rings. The molecule has 0 bridgehead atoms. The number of rotatable bonds is 12. The minimum atomic E-state index is -4.22. The number of nitrogens with one attached hydrogen (secondary N) is 1. The third-order valence-corrected chi connectivity index (χ3v) is 8.92. The number of carbonyl (C=O) groups is 2. The van der Waals surface area contributed by atoms with E-state index in [0.29, 0.717) is 17.1 Å². The maximum atomic E-state index is 14.3. The molecule has 0 aliphatic carbocycles. The first-order valence-corrected chi connectivity index (χ1v) is 15.6. The Balaban J connectivity index is 1.80. The van der Waals surface area contributed by atoms with Crippen molar-refractivity contribution in [1.29, 1.82) is 0 Å². The Morgan fingerprint density at radius 3 is 2.07 bits per heavy atom. The first kappa shape index (κ1) is 31.1. The summed E-state index contributed by atoms with van der Waals surface area (Å²) in [5.74, 6) is -0.937. The lowest BCUT2D eigenvalue weighted by molar-refractivity contribution is -0.140. The molecule has 0 saturated heterocycles. The van der Waals surface area contributed by atoms with Crippen LogP contribution in [0.4, 0.5) is 5.69 Å². The first-order valence-electron chi connectivity index (χ1n) is 13.4. The number of nitrogens with zero attached hydrogens (tertiary/aromatic N) is 2. The van der Waals surface area contributed by atoms with Gasteiger partial charge in [0.25, 0.3) is 10.0 Å². The number of hydrogen-bond acceptors (Lipinski definition) is 4. The second-order valence-electron chi connectivity index (χ2n) is 9.53. The van der Waals surface area contributed by atoms with E-state index in [1.807, 2.05) is 30.3 Å². The molecule has 1 N–H and O–H groups in total. The normalized spacial score (nSPS) is 11.9. The van der Waals surface area contributed by atoms with Crippen LogP contribution in [0.15, 0.2) is 114 Å². The predicted octanol–water partition coefficient (Wildman–Crippen LogP) is 5.96. The summed E-state index contributed by atoms with van der Waals surface area (Å²) in [4.78, 5) is 29.2. The van der Waals surface area contributed by atoms with Crippen LogP contribution in [0.1, 0.15) is 18.1 Å². The van der Waals surface area contributed by atoms with E-state index in [0.717, 1.165) is 9.87 Å². The molecule has 218 valence electrons. The zero-order chi connectivity index (χ0) is 30.1. The summed E-state index contributed by atoms with van der Waals surface area (Å²) in [7, 11) is -4.22. The predicted molar refractivity (Wildman–Crippen MR) is 167 cm³/mol. The SMILES string of the molecule is CCNC(=O)[C@@H](Cc1ccccc1)N(Cc1cccc(Cl)c1)C(=O)CN(c1ccccc1Cl)S(=O)(=O)c1ccccc1. The largest absolute Gasteiger partial charge is 0.355 e. The standard InChI is InChI=1S/C32H31Cl2N3O4S/c1-2-35-32(39)30(21-24-12-5-3-6-13-24)36(22-25-14-11-15-26(33)20-25)31(38)23-37(29-19-10-9-18-28(29)34)42(40,41)27-16-7-4-8-17-27/h3-20,30H,2,21-23H2,1H3,(H,35,39)/t30-/m1/s1. The number of hydrogen-bond donors (Lipinski definition) is 1. The highest BCUT2D eigenvalue weighted by atomic mass is 35.5. The Labute approximate surface area is 256 Å². The van der Waals surface area contributed by atoms with Crippen LogP contribution in [0.3, 0.4) is 0 Å². The summed E-state index contributed by atoms with van der Waals surface area (Å²) in [6.07, 6.45) is 0.219. The second-order valence-corrected chi connectivity index (χ2v) is 12.2. The van der Waals surface area contributed by atoms with Gasteiger partial charge in [-0.25, -0.2) is 8.42 Å². The Hall–Kier alpha value is -3.85.